The lowest BCUT2D eigenvalue weighted by atomic mass is 10.4. The molecule has 0 aromatic heterocycles. The molecule has 0 aliphatic rings. The average molecular weight is 215 g/mol. The fourth-order valence-corrected chi connectivity index (χ4v) is 2.66. The SMILES string of the molecule is COC(=O)CO[Si](C)(C)CCCC#N. The van der Waals surface area contributed by atoms with Gasteiger partial charge in [-0.05, 0) is 25.6 Å². The number of nitriles is 1. The summed E-state index contributed by atoms with van der Waals surface area (Å²) in [6.07, 6.45) is 1.40. The Kier molecular flexibility index (Phi) is 6.16. The van der Waals surface area contributed by atoms with Crippen LogP contribution in [0.25, 0.3) is 0 Å². The zero-order valence-corrected chi connectivity index (χ0v) is 10.0. The van der Waals surface area contributed by atoms with Crippen LogP contribution in [0.5, 0.6) is 0 Å². The highest BCUT2D eigenvalue weighted by Crippen LogP contribution is 2.14. The van der Waals surface area contributed by atoms with Crippen molar-refractivity contribution in [1.29, 1.82) is 5.26 Å². The number of hydrogen-bond donors (Lipinski definition) is 0. The van der Waals surface area contributed by atoms with Crippen molar-refractivity contribution in [3.8, 4) is 6.07 Å². The van der Waals surface area contributed by atoms with Gasteiger partial charge in [0.2, 0.25) is 0 Å². The van der Waals surface area contributed by atoms with Crippen molar-refractivity contribution < 1.29 is 14.0 Å². The van der Waals surface area contributed by atoms with Crippen molar-refractivity contribution in [1.82, 2.24) is 0 Å². The minimum atomic E-state index is -1.77. The maximum absolute atomic E-state index is 10.8. The molecule has 0 saturated heterocycles. The summed E-state index contributed by atoms with van der Waals surface area (Å²) in [5, 5.41) is 8.37. The molecule has 0 aliphatic carbocycles. The monoisotopic (exact) mass is 215 g/mol. The molecule has 0 N–H and O–H groups in total. The third-order valence-corrected chi connectivity index (χ3v) is 4.36. The Morgan fingerprint density at radius 2 is 2.14 bits per heavy atom. The van der Waals surface area contributed by atoms with Crippen LogP contribution in [0, 0.1) is 11.3 Å². The van der Waals surface area contributed by atoms with E-state index in [1.165, 1.54) is 7.11 Å². The van der Waals surface area contributed by atoms with Gasteiger partial charge in [0.1, 0.15) is 6.61 Å². The fourth-order valence-electron chi connectivity index (χ4n) is 0.979. The molecular formula is C9H17NO3Si. The molecule has 0 spiro atoms. The van der Waals surface area contributed by atoms with Gasteiger partial charge in [0.15, 0.2) is 8.32 Å². The van der Waals surface area contributed by atoms with Crippen LogP contribution >= 0.6 is 0 Å². The van der Waals surface area contributed by atoms with Gasteiger partial charge < -0.3 is 9.16 Å². The third kappa shape index (κ3) is 6.63. The summed E-state index contributed by atoms with van der Waals surface area (Å²) >= 11 is 0. The van der Waals surface area contributed by atoms with Crippen LogP contribution in [-0.2, 0) is 14.0 Å². The summed E-state index contributed by atoms with van der Waals surface area (Å²) in [6, 6.07) is 2.99. The van der Waals surface area contributed by atoms with Gasteiger partial charge in [0, 0.05) is 6.42 Å². The first-order chi connectivity index (χ1) is 6.52. The Balaban J connectivity index is 3.72. The zero-order chi connectivity index (χ0) is 11.0. The molecule has 80 valence electrons. The van der Waals surface area contributed by atoms with Crippen LogP contribution in [0.2, 0.25) is 19.1 Å². The summed E-state index contributed by atoms with van der Waals surface area (Å²) < 4.78 is 9.96. The number of carbonyl (C=O) groups is 1. The predicted octanol–water partition coefficient (Wildman–Crippen LogP) is 1.68. The molecule has 14 heavy (non-hydrogen) atoms. The number of methoxy groups -OCH3 is 1. The molecule has 0 heterocycles. The van der Waals surface area contributed by atoms with Crippen molar-refractivity contribution in [2.24, 2.45) is 0 Å². The van der Waals surface area contributed by atoms with Gasteiger partial charge in [0.05, 0.1) is 13.2 Å². The van der Waals surface area contributed by atoms with E-state index in [0.29, 0.717) is 6.42 Å². The first-order valence-electron chi connectivity index (χ1n) is 4.59. The summed E-state index contributed by atoms with van der Waals surface area (Å²) in [7, 11) is -0.428. The predicted molar refractivity (Wildman–Crippen MR) is 55.1 cm³/mol. The number of esters is 1. The Hall–Kier alpha value is -0.863. The average Bonchev–Trinajstić information content (AvgIpc) is 2.14. The van der Waals surface area contributed by atoms with E-state index in [0.717, 1.165) is 12.5 Å². The highest BCUT2D eigenvalue weighted by Gasteiger charge is 2.22. The molecule has 0 radical (unpaired) electrons. The Bertz CT molecular complexity index is 223. The maximum Gasteiger partial charge on any atom is 0.330 e. The van der Waals surface area contributed by atoms with Gasteiger partial charge in [-0.3, -0.25) is 0 Å². The van der Waals surface area contributed by atoms with Crippen molar-refractivity contribution in [3.63, 3.8) is 0 Å². The van der Waals surface area contributed by atoms with E-state index in [4.69, 9.17) is 9.69 Å². The topological polar surface area (TPSA) is 59.3 Å². The molecule has 0 rings (SSSR count). The van der Waals surface area contributed by atoms with Crippen LogP contribution < -0.4 is 0 Å². The molecule has 0 aromatic rings. The van der Waals surface area contributed by atoms with E-state index < -0.39 is 8.32 Å². The molecule has 0 aliphatic heterocycles. The van der Waals surface area contributed by atoms with Crippen LogP contribution in [0.1, 0.15) is 12.8 Å². The summed E-state index contributed by atoms with van der Waals surface area (Å²) in [4.78, 5) is 10.8. The van der Waals surface area contributed by atoms with E-state index in [1.807, 2.05) is 13.1 Å². The molecule has 0 saturated carbocycles. The minimum absolute atomic E-state index is 0.0300. The van der Waals surface area contributed by atoms with Crippen molar-refractivity contribution in [3.05, 3.63) is 0 Å². The molecule has 0 amide bonds. The molecule has 0 unspecified atom stereocenters. The number of hydrogen-bond acceptors (Lipinski definition) is 4. The largest absolute Gasteiger partial charge is 0.467 e. The van der Waals surface area contributed by atoms with E-state index >= 15 is 0 Å². The number of rotatable bonds is 6. The summed E-state index contributed by atoms with van der Waals surface area (Å²) in [6.45, 7) is 4.10. The van der Waals surface area contributed by atoms with E-state index in [1.54, 1.807) is 0 Å². The molecule has 0 atom stereocenters. The first-order valence-corrected chi connectivity index (χ1v) is 7.71. The minimum Gasteiger partial charge on any atom is -0.467 e. The molecule has 0 aromatic carbocycles. The van der Waals surface area contributed by atoms with Crippen molar-refractivity contribution in [2.75, 3.05) is 13.7 Å². The molecule has 0 fully saturated rings. The first kappa shape index (κ1) is 13.1. The maximum atomic E-state index is 10.8. The van der Waals surface area contributed by atoms with Gasteiger partial charge >= 0.3 is 5.97 Å². The second-order valence-electron chi connectivity index (χ2n) is 3.64. The third-order valence-electron chi connectivity index (χ3n) is 1.88. The van der Waals surface area contributed by atoms with Crippen molar-refractivity contribution >= 4 is 14.3 Å². The van der Waals surface area contributed by atoms with Crippen LogP contribution in [-0.4, -0.2) is 28.0 Å². The normalized spacial score (nSPS) is 10.7. The van der Waals surface area contributed by atoms with Crippen LogP contribution in [0.3, 0.4) is 0 Å². The second kappa shape index (κ2) is 6.57. The lowest BCUT2D eigenvalue weighted by Crippen LogP contribution is -2.32. The van der Waals surface area contributed by atoms with E-state index in [9.17, 15) is 4.79 Å². The van der Waals surface area contributed by atoms with Crippen LogP contribution in [0.4, 0.5) is 0 Å². The quantitative estimate of drug-likeness (QED) is 0.384. The lowest BCUT2D eigenvalue weighted by Gasteiger charge is -2.21. The lowest BCUT2D eigenvalue weighted by molar-refractivity contribution is -0.143. The Morgan fingerprint density at radius 1 is 1.50 bits per heavy atom. The Labute approximate surface area is 85.9 Å². The number of nitrogens with zero attached hydrogens (tertiary/aromatic N) is 1. The molecule has 5 heteroatoms. The summed E-state index contributed by atoms with van der Waals surface area (Å²) in [5.41, 5.74) is 0. The standard InChI is InChI=1S/C9H17NO3Si/c1-12-9(11)8-13-14(2,3)7-5-4-6-10/h4-5,7-8H2,1-3H3. The van der Waals surface area contributed by atoms with Gasteiger partial charge in [0.25, 0.3) is 0 Å². The van der Waals surface area contributed by atoms with Crippen molar-refractivity contribution in [2.45, 2.75) is 32.0 Å². The Morgan fingerprint density at radius 3 is 2.64 bits per heavy atom. The fraction of sp³-hybridized carbons (Fsp3) is 0.778. The number of carbonyl (C=O) groups excluding carboxylic acids is 1. The molecular weight excluding hydrogens is 198 g/mol. The smallest absolute Gasteiger partial charge is 0.330 e. The highest BCUT2D eigenvalue weighted by molar-refractivity contribution is 6.71. The number of ether oxygens (including phenoxy) is 1. The van der Waals surface area contributed by atoms with Gasteiger partial charge in [-0.2, -0.15) is 5.26 Å². The molecule has 4 nitrogen and oxygen atoms in total. The second-order valence-corrected chi connectivity index (χ2v) is 7.94. The van der Waals surface area contributed by atoms with Gasteiger partial charge in [-0.25, -0.2) is 4.79 Å². The van der Waals surface area contributed by atoms with E-state index in [-0.39, 0.29) is 12.6 Å². The number of unbranched alkanes of at least 4 members (excludes halogenated alkanes) is 1. The highest BCUT2D eigenvalue weighted by atomic mass is 28.4. The van der Waals surface area contributed by atoms with E-state index in [2.05, 4.69) is 10.8 Å². The molecule has 0 bridgehead atoms. The zero-order valence-electron chi connectivity index (χ0n) is 9.00. The van der Waals surface area contributed by atoms with Gasteiger partial charge in [-0.1, -0.05) is 0 Å². The van der Waals surface area contributed by atoms with Gasteiger partial charge in [-0.15, -0.1) is 0 Å². The summed E-state index contributed by atoms with van der Waals surface area (Å²) in [5.74, 6) is -0.342. The van der Waals surface area contributed by atoms with Crippen LogP contribution in [0.15, 0.2) is 0 Å².